The standard InChI is InChI=1S/C30H26FN3O2/c31-24-11-13-25(14-12-24)34-20-23(19-29(34)35)30-32-27-8-3-4-9-28(27)33(30)16-5-17-36-26-15-10-21-6-1-2-7-22(21)18-26/h1-4,6-15,18,23H,5,16-17,19-20H2. The number of para-hydroxylation sites is 2. The van der Waals surface area contributed by atoms with Crippen LogP contribution in [0, 0.1) is 5.82 Å². The highest BCUT2D eigenvalue weighted by Gasteiger charge is 2.34. The average molecular weight is 480 g/mol. The van der Waals surface area contributed by atoms with Crippen molar-refractivity contribution in [3.63, 3.8) is 0 Å². The first-order valence-electron chi connectivity index (χ1n) is 12.3. The fourth-order valence-electron chi connectivity index (χ4n) is 5.06. The van der Waals surface area contributed by atoms with Crippen LogP contribution >= 0.6 is 0 Å². The van der Waals surface area contributed by atoms with Gasteiger partial charge in [0.05, 0.1) is 17.6 Å². The van der Waals surface area contributed by atoms with E-state index in [-0.39, 0.29) is 17.6 Å². The molecular formula is C30H26FN3O2. The fraction of sp³-hybridized carbons (Fsp3) is 0.200. The molecular weight excluding hydrogens is 453 g/mol. The molecule has 1 aliphatic rings. The summed E-state index contributed by atoms with van der Waals surface area (Å²) in [6, 6.07) is 28.6. The molecule has 4 aromatic carbocycles. The van der Waals surface area contributed by atoms with Gasteiger partial charge in [-0.3, -0.25) is 4.79 Å². The van der Waals surface area contributed by atoms with Crippen molar-refractivity contribution in [3.8, 4) is 5.75 Å². The molecule has 5 nitrogen and oxygen atoms in total. The number of rotatable bonds is 7. The lowest BCUT2D eigenvalue weighted by molar-refractivity contribution is -0.117. The summed E-state index contributed by atoms with van der Waals surface area (Å²) in [5.41, 5.74) is 2.71. The summed E-state index contributed by atoms with van der Waals surface area (Å²) in [7, 11) is 0. The van der Waals surface area contributed by atoms with Gasteiger partial charge >= 0.3 is 0 Å². The van der Waals surface area contributed by atoms with Crippen LogP contribution in [-0.4, -0.2) is 28.6 Å². The Kier molecular flexibility index (Phi) is 5.85. The van der Waals surface area contributed by atoms with E-state index in [1.54, 1.807) is 17.0 Å². The lowest BCUT2D eigenvalue weighted by Gasteiger charge is -2.17. The molecule has 5 aromatic rings. The maximum Gasteiger partial charge on any atom is 0.227 e. The van der Waals surface area contributed by atoms with Crippen LogP contribution in [0.15, 0.2) is 91.0 Å². The zero-order valence-corrected chi connectivity index (χ0v) is 19.8. The number of hydrogen-bond donors (Lipinski definition) is 0. The van der Waals surface area contributed by atoms with Gasteiger partial charge in [-0.1, -0.05) is 42.5 Å². The number of anilines is 1. The lowest BCUT2D eigenvalue weighted by atomic mass is 10.1. The van der Waals surface area contributed by atoms with Crippen molar-refractivity contribution >= 4 is 33.4 Å². The molecule has 180 valence electrons. The van der Waals surface area contributed by atoms with Crippen LogP contribution in [-0.2, 0) is 11.3 Å². The van der Waals surface area contributed by atoms with Crippen molar-refractivity contribution in [2.75, 3.05) is 18.1 Å². The number of amides is 1. The first-order chi connectivity index (χ1) is 17.7. The molecule has 6 heteroatoms. The predicted octanol–water partition coefficient (Wildman–Crippen LogP) is 6.32. The first-order valence-corrected chi connectivity index (χ1v) is 12.3. The van der Waals surface area contributed by atoms with Crippen LogP contribution in [0.4, 0.5) is 10.1 Å². The predicted molar refractivity (Wildman–Crippen MR) is 140 cm³/mol. The number of imidazole rings is 1. The van der Waals surface area contributed by atoms with E-state index in [9.17, 15) is 9.18 Å². The normalized spacial score (nSPS) is 15.8. The van der Waals surface area contributed by atoms with Gasteiger partial charge in [0, 0.05) is 31.1 Å². The number of carbonyl (C=O) groups excluding carboxylic acids is 1. The molecule has 0 spiro atoms. The molecule has 1 aliphatic heterocycles. The summed E-state index contributed by atoms with van der Waals surface area (Å²) < 4.78 is 21.7. The van der Waals surface area contributed by atoms with Crippen molar-refractivity contribution in [2.24, 2.45) is 0 Å². The monoisotopic (exact) mass is 479 g/mol. The van der Waals surface area contributed by atoms with Gasteiger partial charge in [0.1, 0.15) is 17.4 Å². The molecule has 0 bridgehead atoms. The number of nitrogens with zero attached hydrogens (tertiary/aromatic N) is 3. The molecule has 36 heavy (non-hydrogen) atoms. The van der Waals surface area contributed by atoms with Gasteiger partial charge in [0.25, 0.3) is 0 Å². The maximum absolute atomic E-state index is 13.4. The topological polar surface area (TPSA) is 47.4 Å². The van der Waals surface area contributed by atoms with Gasteiger partial charge in [-0.05, 0) is 65.7 Å². The summed E-state index contributed by atoms with van der Waals surface area (Å²) in [5.74, 6) is 1.47. The Bertz CT molecular complexity index is 1540. The summed E-state index contributed by atoms with van der Waals surface area (Å²) in [6.07, 6.45) is 1.19. The van der Waals surface area contributed by atoms with E-state index in [1.165, 1.54) is 17.5 Å². The summed E-state index contributed by atoms with van der Waals surface area (Å²) in [6.45, 7) is 1.85. The van der Waals surface area contributed by atoms with E-state index in [2.05, 4.69) is 34.9 Å². The molecule has 1 unspecified atom stereocenters. The van der Waals surface area contributed by atoms with E-state index < -0.39 is 0 Å². The fourth-order valence-corrected chi connectivity index (χ4v) is 5.06. The molecule has 1 saturated heterocycles. The minimum atomic E-state index is -0.311. The molecule has 1 aromatic heterocycles. The highest BCUT2D eigenvalue weighted by atomic mass is 19.1. The third-order valence-corrected chi connectivity index (χ3v) is 6.83. The van der Waals surface area contributed by atoms with Gasteiger partial charge in [0.15, 0.2) is 0 Å². The van der Waals surface area contributed by atoms with Crippen molar-refractivity contribution in [1.82, 2.24) is 9.55 Å². The van der Waals surface area contributed by atoms with Crippen LogP contribution in [0.25, 0.3) is 21.8 Å². The summed E-state index contributed by atoms with van der Waals surface area (Å²) in [5, 5.41) is 2.36. The second kappa shape index (κ2) is 9.46. The Morgan fingerprint density at radius 1 is 0.917 bits per heavy atom. The van der Waals surface area contributed by atoms with Crippen molar-refractivity contribution in [2.45, 2.75) is 25.3 Å². The van der Waals surface area contributed by atoms with E-state index in [0.717, 1.165) is 46.6 Å². The smallest absolute Gasteiger partial charge is 0.227 e. The Morgan fingerprint density at radius 3 is 2.56 bits per heavy atom. The molecule has 2 heterocycles. The third kappa shape index (κ3) is 4.31. The number of carbonyl (C=O) groups is 1. The largest absolute Gasteiger partial charge is 0.494 e. The van der Waals surface area contributed by atoms with E-state index >= 15 is 0 Å². The van der Waals surface area contributed by atoms with Crippen molar-refractivity contribution < 1.29 is 13.9 Å². The van der Waals surface area contributed by atoms with Gasteiger partial charge in [-0.15, -0.1) is 0 Å². The first kappa shape index (κ1) is 22.3. The molecule has 0 N–H and O–H groups in total. The minimum Gasteiger partial charge on any atom is -0.494 e. The average Bonchev–Trinajstić information content (AvgIpc) is 3.47. The Morgan fingerprint density at radius 2 is 1.69 bits per heavy atom. The van der Waals surface area contributed by atoms with Gasteiger partial charge < -0.3 is 14.2 Å². The van der Waals surface area contributed by atoms with Crippen LogP contribution in [0.2, 0.25) is 0 Å². The Labute approximate surface area is 208 Å². The highest BCUT2D eigenvalue weighted by Crippen LogP contribution is 2.33. The number of aromatic nitrogens is 2. The second-order valence-corrected chi connectivity index (χ2v) is 9.20. The van der Waals surface area contributed by atoms with Crippen molar-refractivity contribution in [3.05, 3.63) is 103 Å². The second-order valence-electron chi connectivity index (χ2n) is 9.20. The van der Waals surface area contributed by atoms with Crippen molar-refractivity contribution in [1.29, 1.82) is 0 Å². The zero-order chi connectivity index (χ0) is 24.5. The zero-order valence-electron chi connectivity index (χ0n) is 19.8. The van der Waals surface area contributed by atoms with Gasteiger partial charge in [-0.2, -0.15) is 0 Å². The number of hydrogen-bond acceptors (Lipinski definition) is 3. The number of benzene rings is 4. The lowest BCUT2D eigenvalue weighted by Crippen LogP contribution is -2.24. The van der Waals surface area contributed by atoms with Gasteiger partial charge in [0.2, 0.25) is 5.91 Å². The highest BCUT2D eigenvalue weighted by molar-refractivity contribution is 5.96. The summed E-state index contributed by atoms with van der Waals surface area (Å²) >= 11 is 0. The SMILES string of the molecule is O=C1CC(c2nc3ccccc3n2CCCOc2ccc3ccccc3c2)CN1c1ccc(F)cc1. The number of halogens is 1. The number of aryl methyl sites for hydroxylation is 1. The van der Waals surface area contributed by atoms with Crippen LogP contribution in [0.3, 0.4) is 0 Å². The van der Waals surface area contributed by atoms with Crippen LogP contribution in [0.5, 0.6) is 5.75 Å². The van der Waals surface area contributed by atoms with Gasteiger partial charge in [-0.25, -0.2) is 9.37 Å². The molecule has 6 rings (SSSR count). The Hall–Kier alpha value is -4.19. The number of ether oxygens (including phenoxy) is 1. The molecule has 0 saturated carbocycles. The maximum atomic E-state index is 13.4. The quantitative estimate of drug-likeness (QED) is 0.257. The number of fused-ring (bicyclic) bond motifs is 2. The van der Waals surface area contributed by atoms with E-state index in [4.69, 9.17) is 9.72 Å². The molecule has 1 fully saturated rings. The molecule has 0 radical (unpaired) electrons. The summed E-state index contributed by atoms with van der Waals surface area (Å²) in [4.78, 5) is 19.5. The molecule has 0 aliphatic carbocycles. The van der Waals surface area contributed by atoms with E-state index in [1.807, 2.05) is 36.4 Å². The Balaban J connectivity index is 1.19. The van der Waals surface area contributed by atoms with Crippen LogP contribution in [0.1, 0.15) is 24.6 Å². The minimum absolute atomic E-state index is 0.0311. The van der Waals surface area contributed by atoms with E-state index in [0.29, 0.717) is 19.6 Å². The molecule has 1 atom stereocenters. The van der Waals surface area contributed by atoms with Crippen LogP contribution < -0.4 is 9.64 Å². The molecule has 1 amide bonds. The third-order valence-electron chi connectivity index (χ3n) is 6.83.